The van der Waals surface area contributed by atoms with E-state index in [0.29, 0.717) is 12.8 Å². The highest BCUT2D eigenvalue weighted by atomic mass is 15.1. The molecule has 0 aromatic heterocycles. The van der Waals surface area contributed by atoms with Crippen molar-refractivity contribution in [2.24, 2.45) is 5.11 Å². The number of nitriles is 1. The average Bonchev–Trinajstić information content (AvgIpc) is 2.25. The normalized spacial score (nSPS) is 11.2. The number of aryl methyl sites for hydroxylation is 1. The van der Waals surface area contributed by atoms with Crippen molar-refractivity contribution in [2.45, 2.75) is 25.8 Å². The van der Waals surface area contributed by atoms with Crippen molar-refractivity contribution in [3.8, 4) is 6.07 Å². The van der Waals surface area contributed by atoms with Gasteiger partial charge in [0, 0.05) is 11.3 Å². The fraction of sp³-hybridized carbons (Fsp3) is 0.364. The molecular formula is C11H12N4. The number of nitrogens with zero attached hydrogens (tertiary/aromatic N) is 4. The summed E-state index contributed by atoms with van der Waals surface area (Å²) in [5.41, 5.74) is 10.6. The van der Waals surface area contributed by atoms with Gasteiger partial charge < -0.3 is 0 Å². The van der Waals surface area contributed by atoms with Gasteiger partial charge in [-0.3, -0.25) is 0 Å². The van der Waals surface area contributed by atoms with Crippen LogP contribution in [-0.4, -0.2) is 0 Å². The van der Waals surface area contributed by atoms with E-state index in [1.54, 1.807) is 0 Å². The molecule has 0 saturated carbocycles. The second kappa shape index (κ2) is 5.69. The highest BCUT2D eigenvalue weighted by Crippen LogP contribution is 2.23. The molecule has 4 nitrogen and oxygen atoms in total. The minimum Gasteiger partial charge on any atom is -0.198 e. The maximum absolute atomic E-state index is 8.49. The van der Waals surface area contributed by atoms with E-state index < -0.39 is 0 Å². The molecule has 0 N–H and O–H groups in total. The van der Waals surface area contributed by atoms with Crippen molar-refractivity contribution >= 4 is 0 Å². The number of benzene rings is 1. The Hall–Kier alpha value is -1.98. The summed E-state index contributed by atoms with van der Waals surface area (Å²) in [4.78, 5) is 2.80. The summed E-state index contributed by atoms with van der Waals surface area (Å²) < 4.78 is 0. The lowest BCUT2D eigenvalue weighted by Gasteiger charge is -2.09. The predicted octanol–water partition coefficient (Wildman–Crippen LogP) is 3.65. The van der Waals surface area contributed by atoms with Crippen LogP contribution in [0.1, 0.15) is 30.0 Å². The highest BCUT2D eigenvalue weighted by molar-refractivity contribution is 5.24. The van der Waals surface area contributed by atoms with Crippen LogP contribution in [0.3, 0.4) is 0 Å². The van der Waals surface area contributed by atoms with Crippen LogP contribution in [0.15, 0.2) is 29.4 Å². The Labute approximate surface area is 88.8 Å². The first kappa shape index (κ1) is 11.1. The minimum absolute atomic E-state index is 0.227. The van der Waals surface area contributed by atoms with Gasteiger partial charge in [0.2, 0.25) is 0 Å². The molecule has 1 aromatic carbocycles. The molecule has 4 heteroatoms. The highest BCUT2D eigenvalue weighted by Gasteiger charge is 2.08. The first-order chi connectivity index (χ1) is 7.27. The molecular weight excluding hydrogens is 188 g/mol. The molecule has 0 aliphatic carbocycles. The Morgan fingerprint density at radius 3 is 2.67 bits per heavy atom. The molecule has 1 rings (SSSR count). The van der Waals surface area contributed by atoms with Crippen molar-refractivity contribution in [2.75, 3.05) is 0 Å². The van der Waals surface area contributed by atoms with Gasteiger partial charge >= 0.3 is 0 Å². The quantitative estimate of drug-likeness (QED) is 0.415. The third-order valence-electron chi connectivity index (χ3n) is 2.18. The van der Waals surface area contributed by atoms with Gasteiger partial charge in [0.15, 0.2) is 0 Å². The summed E-state index contributed by atoms with van der Waals surface area (Å²) in [5.74, 6) is 0. The minimum atomic E-state index is -0.227. The molecule has 76 valence electrons. The summed E-state index contributed by atoms with van der Waals surface area (Å²) >= 11 is 0. The fourth-order valence-corrected chi connectivity index (χ4v) is 1.34. The van der Waals surface area contributed by atoms with Crippen LogP contribution in [0.4, 0.5) is 0 Å². The smallest absolute Gasteiger partial charge is 0.0635 e. The zero-order chi connectivity index (χ0) is 11.1. The van der Waals surface area contributed by atoms with E-state index in [1.807, 2.05) is 31.2 Å². The largest absolute Gasteiger partial charge is 0.198 e. The molecule has 0 heterocycles. The molecule has 0 amide bonds. The lowest BCUT2D eigenvalue weighted by molar-refractivity contribution is 0.660. The summed E-state index contributed by atoms with van der Waals surface area (Å²) in [7, 11) is 0. The Bertz CT molecular complexity index is 396. The maximum atomic E-state index is 8.49. The van der Waals surface area contributed by atoms with Crippen LogP contribution in [0.5, 0.6) is 0 Å². The monoisotopic (exact) mass is 200 g/mol. The van der Waals surface area contributed by atoms with E-state index in [4.69, 9.17) is 10.8 Å². The second-order valence-corrected chi connectivity index (χ2v) is 3.33. The van der Waals surface area contributed by atoms with E-state index in [2.05, 4.69) is 16.1 Å². The van der Waals surface area contributed by atoms with E-state index in [9.17, 15) is 0 Å². The van der Waals surface area contributed by atoms with Crippen LogP contribution < -0.4 is 0 Å². The Morgan fingerprint density at radius 2 is 2.13 bits per heavy atom. The molecule has 15 heavy (non-hydrogen) atoms. The van der Waals surface area contributed by atoms with Gasteiger partial charge in [-0.1, -0.05) is 34.9 Å². The summed E-state index contributed by atoms with van der Waals surface area (Å²) in [6.45, 7) is 2.00. The molecule has 0 saturated heterocycles. The van der Waals surface area contributed by atoms with Crippen LogP contribution in [0, 0.1) is 18.3 Å². The Kier molecular flexibility index (Phi) is 4.21. The number of hydrogen-bond acceptors (Lipinski definition) is 2. The predicted molar refractivity (Wildman–Crippen MR) is 57.9 cm³/mol. The summed E-state index contributed by atoms with van der Waals surface area (Å²) in [6.07, 6.45) is 0.973. The molecule has 0 spiro atoms. The molecule has 0 aliphatic heterocycles. The van der Waals surface area contributed by atoms with E-state index in [1.165, 1.54) is 5.56 Å². The lowest BCUT2D eigenvalue weighted by Crippen LogP contribution is -1.94. The zero-order valence-electron chi connectivity index (χ0n) is 8.59. The van der Waals surface area contributed by atoms with Crippen molar-refractivity contribution in [3.05, 3.63) is 45.8 Å². The van der Waals surface area contributed by atoms with Gasteiger partial charge in [-0.05, 0) is 24.4 Å². The van der Waals surface area contributed by atoms with Gasteiger partial charge in [0.05, 0.1) is 12.1 Å². The van der Waals surface area contributed by atoms with Crippen LogP contribution in [0.25, 0.3) is 10.4 Å². The number of rotatable bonds is 4. The standard InChI is InChI=1S/C11H12N4/c1-9-4-6-10(7-5-9)11(14-15-13)3-2-8-12/h4-7,11H,2-3H2,1H3. The summed E-state index contributed by atoms with van der Waals surface area (Å²) in [5, 5.41) is 12.2. The molecule has 1 unspecified atom stereocenters. The van der Waals surface area contributed by atoms with E-state index >= 15 is 0 Å². The second-order valence-electron chi connectivity index (χ2n) is 3.33. The van der Waals surface area contributed by atoms with Crippen molar-refractivity contribution in [1.29, 1.82) is 5.26 Å². The van der Waals surface area contributed by atoms with Crippen LogP contribution in [0.2, 0.25) is 0 Å². The fourth-order valence-electron chi connectivity index (χ4n) is 1.34. The van der Waals surface area contributed by atoms with Gasteiger partial charge in [-0.2, -0.15) is 5.26 Å². The van der Waals surface area contributed by atoms with Crippen LogP contribution >= 0.6 is 0 Å². The molecule has 0 fully saturated rings. The van der Waals surface area contributed by atoms with E-state index in [-0.39, 0.29) is 6.04 Å². The van der Waals surface area contributed by atoms with Crippen LogP contribution in [-0.2, 0) is 0 Å². The van der Waals surface area contributed by atoms with Gasteiger partial charge in [-0.15, -0.1) is 0 Å². The SMILES string of the molecule is Cc1ccc(C(CCC#N)N=[N+]=[N-])cc1. The third kappa shape index (κ3) is 3.34. The van der Waals surface area contributed by atoms with Gasteiger partial charge in [-0.25, -0.2) is 0 Å². The lowest BCUT2D eigenvalue weighted by atomic mass is 10.0. The number of azide groups is 1. The zero-order valence-corrected chi connectivity index (χ0v) is 8.59. The molecule has 0 aliphatic rings. The van der Waals surface area contributed by atoms with Gasteiger partial charge in [0.1, 0.15) is 0 Å². The third-order valence-corrected chi connectivity index (χ3v) is 2.18. The Balaban J connectivity index is 2.84. The molecule has 0 bridgehead atoms. The maximum Gasteiger partial charge on any atom is 0.0635 e. The average molecular weight is 200 g/mol. The van der Waals surface area contributed by atoms with Gasteiger partial charge in [0.25, 0.3) is 0 Å². The first-order valence-corrected chi connectivity index (χ1v) is 4.75. The topological polar surface area (TPSA) is 72.5 Å². The van der Waals surface area contributed by atoms with E-state index in [0.717, 1.165) is 5.56 Å². The van der Waals surface area contributed by atoms with Crippen molar-refractivity contribution < 1.29 is 0 Å². The molecule has 0 radical (unpaired) electrons. The molecule has 1 atom stereocenters. The van der Waals surface area contributed by atoms with Crippen molar-refractivity contribution in [3.63, 3.8) is 0 Å². The van der Waals surface area contributed by atoms with Crippen molar-refractivity contribution in [1.82, 2.24) is 0 Å². The first-order valence-electron chi connectivity index (χ1n) is 4.75. The summed E-state index contributed by atoms with van der Waals surface area (Å²) in [6, 6.07) is 9.65. The molecule has 1 aromatic rings. The number of hydrogen-bond donors (Lipinski definition) is 0. The Morgan fingerprint density at radius 1 is 1.47 bits per heavy atom.